The van der Waals surface area contributed by atoms with Crippen LogP contribution in [0.4, 0.5) is 0 Å². The van der Waals surface area contributed by atoms with Crippen LogP contribution in [0.15, 0.2) is 147 Å². The summed E-state index contributed by atoms with van der Waals surface area (Å²) in [6, 6.07) is 43.2. The van der Waals surface area contributed by atoms with E-state index in [-0.39, 0.29) is 4.75 Å². The summed E-state index contributed by atoms with van der Waals surface area (Å²) in [5.41, 5.74) is 1.35. The molecule has 4 aromatic rings. The first-order chi connectivity index (χ1) is 17.1. The van der Waals surface area contributed by atoms with Gasteiger partial charge in [-0.2, -0.15) is 0 Å². The van der Waals surface area contributed by atoms with E-state index in [4.69, 9.17) is 0 Å². The lowest BCUT2D eigenvalue weighted by Gasteiger charge is -2.34. The van der Waals surface area contributed by atoms with Gasteiger partial charge in [0, 0.05) is 24.7 Å². The fourth-order valence-corrected chi connectivity index (χ4v) is 7.50. The standard InChI is InChI=1S/C32H32S3/c1-32(2,35-29-21-13-6-14-22-29)31(34-28-19-11-5-12-20-28)25-30(33-27-17-9-4-10-18-27)24-23-26-15-7-3-8-16-26/h3-22,24,31H,23,25H2,1-2H3/b30-24-/t31-/m0/s1. The molecule has 0 radical (unpaired) electrons. The molecule has 0 N–H and O–H groups in total. The predicted molar refractivity (Wildman–Crippen MR) is 158 cm³/mol. The maximum atomic E-state index is 2.44. The van der Waals surface area contributed by atoms with E-state index < -0.39 is 0 Å². The maximum absolute atomic E-state index is 2.44. The average Bonchev–Trinajstić information content (AvgIpc) is 2.89. The van der Waals surface area contributed by atoms with Gasteiger partial charge in [0.25, 0.3) is 0 Å². The van der Waals surface area contributed by atoms with Gasteiger partial charge >= 0.3 is 0 Å². The van der Waals surface area contributed by atoms with Crippen molar-refractivity contribution in [2.75, 3.05) is 0 Å². The Bertz CT molecular complexity index is 1170. The second-order valence-corrected chi connectivity index (χ2v) is 13.1. The van der Waals surface area contributed by atoms with Crippen LogP contribution in [0, 0.1) is 0 Å². The van der Waals surface area contributed by atoms with Crippen molar-refractivity contribution in [2.45, 2.75) is 51.4 Å². The zero-order valence-corrected chi connectivity index (χ0v) is 22.8. The van der Waals surface area contributed by atoms with Crippen molar-refractivity contribution in [1.82, 2.24) is 0 Å². The monoisotopic (exact) mass is 512 g/mol. The first-order valence-corrected chi connectivity index (χ1v) is 14.5. The second-order valence-electron chi connectivity index (χ2n) is 8.92. The van der Waals surface area contributed by atoms with Crippen LogP contribution in [0.1, 0.15) is 25.8 Å². The lowest BCUT2D eigenvalue weighted by Crippen LogP contribution is -2.30. The van der Waals surface area contributed by atoms with E-state index in [9.17, 15) is 0 Å². The highest BCUT2D eigenvalue weighted by Gasteiger charge is 2.32. The molecular formula is C32H32S3. The number of thioether (sulfide) groups is 3. The number of benzene rings is 4. The van der Waals surface area contributed by atoms with Gasteiger partial charge < -0.3 is 0 Å². The van der Waals surface area contributed by atoms with Gasteiger partial charge in [-0.3, -0.25) is 0 Å². The first-order valence-electron chi connectivity index (χ1n) is 12.0. The average molecular weight is 513 g/mol. The van der Waals surface area contributed by atoms with Crippen molar-refractivity contribution in [3.8, 4) is 0 Å². The zero-order chi connectivity index (χ0) is 24.3. The van der Waals surface area contributed by atoms with E-state index in [1.807, 2.05) is 35.3 Å². The summed E-state index contributed by atoms with van der Waals surface area (Å²) in [5, 5.41) is 0.397. The van der Waals surface area contributed by atoms with Crippen molar-refractivity contribution >= 4 is 35.3 Å². The molecule has 0 spiro atoms. The Morgan fingerprint density at radius 3 is 1.71 bits per heavy atom. The fraction of sp³-hybridized carbons (Fsp3) is 0.188. The van der Waals surface area contributed by atoms with E-state index in [2.05, 4.69) is 141 Å². The van der Waals surface area contributed by atoms with Crippen LogP contribution in [-0.2, 0) is 6.42 Å². The van der Waals surface area contributed by atoms with Gasteiger partial charge in [-0.05, 0) is 73.6 Å². The molecular weight excluding hydrogens is 481 g/mol. The van der Waals surface area contributed by atoms with Gasteiger partial charge in [0.2, 0.25) is 0 Å². The Hall–Kier alpha value is -2.33. The molecule has 0 aromatic heterocycles. The largest absolute Gasteiger partial charge is 0.121 e. The van der Waals surface area contributed by atoms with E-state index >= 15 is 0 Å². The molecule has 4 rings (SSSR count). The molecule has 0 heterocycles. The Balaban J connectivity index is 1.62. The molecule has 0 fully saturated rings. The summed E-state index contributed by atoms with van der Waals surface area (Å²) < 4.78 is 0.0327. The summed E-state index contributed by atoms with van der Waals surface area (Å²) in [6.45, 7) is 4.79. The van der Waals surface area contributed by atoms with Gasteiger partial charge in [-0.1, -0.05) is 103 Å². The molecule has 0 nitrogen and oxygen atoms in total. The SMILES string of the molecule is CC(C)(Sc1ccccc1)[C@H](C/C(=C/Cc1ccccc1)Sc1ccccc1)Sc1ccccc1. The molecule has 0 bridgehead atoms. The quantitative estimate of drug-likeness (QED) is 0.183. The smallest absolute Gasteiger partial charge is 0.0285 e. The van der Waals surface area contributed by atoms with Crippen molar-refractivity contribution in [1.29, 1.82) is 0 Å². The third-order valence-corrected chi connectivity index (χ3v) is 9.86. The Kier molecular flexibility index (Phi) is 9.65. The molecule has 0 unspecified atom stereocenters. The minimum Gasteiger partial charge on any atom is -0.121 e. The van der Waals surface area contributed by atoms with Crippen molar-refractivity contribution in [2.24, 2.45) is 0 Å². The molecule has 0 aliphatic carbocycles. The molecule has 0 saturated carbocycles. The van der Waals surface area contributed by atoms with E-state index in [0.717, 1.165) is 12.8 Å². The summed E-state index contributed by atoms with van der Waals surface area (Å²) in [5.74, 6) is 0. The Morgan fingerprint density at radius 2 is 1.14 bits per heavy atom. The predicted octanol–water partition coefficient (Wildman–Crippen LogP) is 10.0. The van der Waals surface area contributed by atoms with Crippen LogP contribution in [0.3, 0.4) is 0 Å². The number of rotatable bonds is 11. The van der Waals surface area contributed by atoms with Crippen LogP contribution >= 0.6 is 35.3 Å². The highest BCUT2D eigenvalue weighted by molar-refractivity contribution is 8.04. The van der Waals surface area contributed by atoms with Gasteiger partial charge in [-0.25, -0.2) is 0 Å². The van der Waals surface area contributed by atoms with Crippen molar-refractivity contribution in [3.63, 3.8) is 0 Å². The molecule has 35 heavy (non-hydrogen) atoms. The van der Waals surface area contributed by atoms with Crippen LogP contribution in [-0.4, -0.2) is 10.00 Å². The van der Waals surface area contributed by atoms with E-state index in [0.29, 0.717) is 5.25 Å². The Labute approximate surface area is 223 Å². The summed E-state index contributed by atoms with van der Waals surface area (Å²) >= 11 is 5.89. The summed E-state index contributed by atoms with van der Waals surface area (Å²) in [4.78, 5) is 5.37. The van der Waals surface area contributed by atoms with E-state index in [1.54, 1.807) is 0 Å². The lowest BCUT2D eigenvalue weighted by molar-refractivity contribution is 0.662. The highest BCUT2D eigenvalue weighted by atomic mass is 32.2. The third-order valence-electron chi connectivity index (χ3n) is 5.71. The normalized spacial score (nSPS) is 12.9. The van der Waals surface area contributed by atoms with Crippen molar-refractivity contribution < 1.29 is 0 Å². The second kappa shape index (κ2) is 13.1. The van der Waals surface area contributed by atoms with Crippen LogP contribution < -0.4 is 0 Å². The third kappa shape index (κ3) is 8.38. The molecule has 178 valence electrons. The fourth-order valence-electron chi connectivity index (χ4n) is 3.79. The number of allylic oxidation sites excluding steroid dienone is 2. The van der Waals surface area contributed by atoms with Gasteiger partial charge in [0.05, 0.1) is 0 Å². The van der Waals surface area contributed by atoms with Crippen LogP contribution in [0.2, 0.25) is 0 Å². The topological polar surface area (TPSA) is 0 Å². The molecule has 3 heteroatoms. The molecule has 0 aliphatic heterocycles. The minimum atomic E-state index is 0.0327. The van der Waals surface area contributed by atoms with Crippen LogP contribution in [0.5, 0.6) is 0 Å². The zero-order valence-electron chi connectivity index (χ0n) is 20.3. The maximum Gasteiger partial charge on any atom is 0.0285 e. The first kappa shape index (κ1) is 25.8. The molecule has 0 aliphatic rings. The summed E-state index contributed by atoms with van der Waals surface area (Å²) in [7, 11) is 0. The van der Waals surface area contributed by atoms with Gasteiger partial charge in [0.15, 0.2) is 0 Å². The molecule has 4 aromatic carbocycles. The lowest BCUT2D eigenvalue weighted by atomic mass is 10.0. The summed E-state index contributed by atoms with van der Waals surface area (Å²) in [6.07, 6.45) is 4.40. The number of hydrogen-bond donors (Lipinski definition) is 0. The highest BCUT2D eigenvalue weighted by Crippen LogP contribution is 2.46. The van der Waals surface area contributed by atoms with Gasteiger partial charge in [0.1, 0.15) is 0 Å². The van der Waals surface area contributed by atoms with Crippen LogP contribution in [0.25, 0.3) is 0 Å². The van der Waals surface area contributed by atoms with E-state index in [1.165, 1.54) is 25.2 Å². The Morgan fingerprint density at radius 1 is 0.657 bits per heavy atom. The van der Waals surface area contributed by atoms with Gasteiger partial charge in [-0.15, -0.1) is 23.5 Å². The number of hydrogen-bond acceptors (Lipinski definition) is 3. The minimum absolute atomic E-state index is 0.0327. The molecule has 1 atom stereocenters. The molecule has 0 amide bonds. The van der Waals surface area contributed by atoms with Crippen molar-refractivity contribution in [3.05, 3.63) is 138 Å². The molecule has 0 saturated heterocycles.